The van der Waals surface area contributed by atoms with Crippen molar-refractivity contribution in [2.24, 2.45) is 4.99 Å². The fraction of sp³-hybridized carbons (Fsp3) is 0.556. The average molecular weight is 366 g/mol. The van der Waals surface area contributed by atoms with Gasteiger partial charge in [0, 0.05) is 49.5 Å². The van der Waals surface area contributed by atoms with Gasteiger partial charge in [0.1, 0.15) is 6.54 Å². The van der Waals surface area contributed by atoms with Crippen LogP contribution in [0.25, 0.3) is 0 Å². The van der Waals surface area contributed by atoms with Gasteiger partial charge in [-0.25, -0.2) is 4.99 Å². The van der Waals surface area contributed by atoms with Crippen molar-refractivity contribution < 1.29 is 4.79 Å². The average Bonchev–Trinajstić information content (AvgIpc) is 2.60. The van der Waals surface area contributed by atoms with E-state index >= 15 is 0 Å². The summed E-state index contributed by atoms with van der Waals surface area (Å²) in [6.07, 6.45) is 0. The normalized spacial score (nSPS) is 15.5. The van der Waals surface area contributed by atoms with Crippen LogP contribution < -0.4 is 15.5 Å². The molecule has 138 valence electrons. The van der Waals surface area contributed by atoms with Crippen molar-refractivity contribution >= 4 is 29.2 Å². The Labute approximate surface area is 155 Å². The number of anilines is 1. The number of carbonyl (C=O) groups excluding carboxylic acids is 1. The number of nitrogens with one attached hydrogen (secondary N) is 2. The molecule has 0 spiro atoms. The first-order valence-corrected chi connectivity index (χ1v) is 9.20. The molecule has 0 bridgehead atoms. The fourth-order valence-electron chi connectivity index (χ4n) is 2.71. The van der Waals surface area contributed by atoms with Crippen LogP contribution in [-0.2, 0) is 4.79 Å². The lowest BCUT2D eigenvalue weighted by molar-refractivity contribution is -0.129. The van der Waals surface area contributed by atoms with E-state index in [1.54, 1.807) is 0 Å². The number of amides is 1. The third-order valence-electron chi connectivity index (χ3n) is 3.97. The Morgan fingerprint density at radius 2 is 1.84 bits per heavy atom. The van der Waals surface area contributed by atoms with Crippen molar-refractivity contribution in [1.82, 2.24) is 15.5 Å². The van der Waals surface area contributed by atoms with E-state index in [1.165, 1.54) is 0 Å². The monoisotopic (exact) mass is 365 g/mol. The van der Waals surface area contributed by atoms with Gasteiger partial charge in [0.25, 0.3) is 0 Å². The number of aliphatic imine (C=N–C) groups is 1. The summed E-state index contributed by atoms with van der Waals surface area (Å²) >= 11 is 5.94. The van der Waals surface area contributed by atoms with Gasteiger partial charge in [-0.2, -0.15) is 0 Å². The Bertz CT molecular complexity index is 580. The van der Waals surface area contributed by atoms with Crippen molar-refractivity contribution in [3.63, 3.8) is 0 Å². The van der Waals surface area contributed by atoms with Crippen molar-refractivity contribution in [1.29, 1.82) is 0 Å². The van der Waals surface area contributed by atoms with Crippen LogP contribution in [-0.4, -0.2) is 62.1 Å². The SMILES string of the molecule is CCNC(=NCC(=O)N1CCN(c2ccc(Cl)cc2)CC1)NC(C)C. The molecule has 1 aliphatic rings. The van der Waals surface area contributed by atoms with Gasteiger partial charge in [-0.1, -0.05) is 11.6 Å². The number of carbonyl (C=O) groups is 1. The predicted octanol–water partition coefficient (Wildman–Crippen LogP) is 1.95. The summed E-state index contributed by atoms with van der Waals surface area (Å²) in [5, 5.41) is 7.11. The molecule has 0 radical (unpaired) electrons. The van der Waals surface area contributed by atoms with Gasteiger partial charge in [0.05, 0.1) is 0 Å². The summed E-state index contributed by atoms with van der Waals surface area (Å²) in [6.45, 7) is 10.1. The van der Waals surface area contributed by atoms with Crippen LogP contribution in [0, 0.1) is 0 Å². The van der Waals surface area contributed by atoms with Gasteiger partial charge in [-0.05, 0) is 45.0 Å². The van der Waals surface area contributed by atoms with E-state index in [4.69, 9.17) is 11.6 Å². The van der Waals surface area contributed by atoms with E-state index in [1.807, 2.05) is 49.9 Å². The van der Waals surface area contributed by atoms with Gasteiger partial charge in [0.15, 0.2) is 5.96 Å². The number of rotatable bonds is 5. The molecule has 7 heteroatoms. The lowest BCUT2D eigenvalue weighted by Crippen LogP contribution is -2.49. The number of nitrogens with zero attached hydrogens (tertiary/aromatic N) is 3. The molecule has 2 rings (SSSR count). The van der Waals surface area contributed by atoms with Crippen molar-refractivity contribution in [2.75, 3.05) is 44.2 Å². The van der Waals surface area contributed by atoms with Crippen LogP contribution in [0.15, 0.2) is 29.3 Å². The number of halogens is 1. The summed E-state index contributed by atoms with van der Waals surface area (Å²) in [5.41, 5.74) is 1.14. The molecule has 0 unspecified atom stereocenters. The van der Waals surface area contributed by atoms with Crippen LogP contribution in [0.5, 0.6) is 0 Å². The molecule has 25 heavy (non-hydrogen) atoms. The first-order valence-electron chi connectivity index (χ1n) is 8.82. The molecule has 1 saturated heterocycles. The van der Waals surface area contributed by atoms with E-state index < -0.39 is 0 Å². The zero-order chi connectivity index (χ0) is 18.2. The molecule has 6 nitrogen and oxygen atoms in total. The highest BCUT2D eigenvalue weighted by atomic mass is 35.5. The third-order valence-corrected chi connectivity index (χ3v) is 4.22. The maximum atomic E-state index is 12.4. The third kappa shape index (κ3) is 6.12. The van der Waals surface area contributed by atoms with Crippen LogP contribution in [0.4, 0.5) is 5.69 Å². The minimum absolute atomic E-state index is 0.0664. The molecule has 0 aromatic heterocycles. The number of benzene rings is 1. The molecule has 2 N–H and O–H groups in total. The molecule has 1 aliphatic heterocycles. The molecule has 1 aromatic rings. The molecule has 0 saturated carbocycles. The Hall–Kier alpha value is -1.95. The summed E-state index contributed by atoms with van der Waals surface area (Å²) in [6, 6.07) is 8.10. The maximum Gasteiger partial charge on any atom is 0.244 e. The standard InChI is InChI=1S/C18H28ClN5O/c1-4-20-18(22-14(2)3)21-13-17(25)24-11-9-23(10-12-24)16-7-5-15(19)6-8-16/h5-8,14H,4,9-13H2,1-3H3,(H2,20,21,22). The summed E-state index contributed by atoms with van der Waals surface area (Å²) < 4.78 is 0. The highest BCUT2D eigenvalue weighted by molar-refractivity contribution is 6.30. The smallest absolute Gasteiger partial charge is 0.244 e. The van der Waals surface area contributed by atoms with Crippen LogP contribution in [0.3, 0.4) is 0 Å². The van der Waals surface area contributed by atoms with Gasteiger partial charge >= 0.3 is 0 Å². The summed E-state index contributed by atoms with van der Waals surface area (Å²) in [7, 11) is 0. The Balaban J connectivity index is 1.84. The van der Waals surface area contributed by atoms with Crippen molar-refractivity contribution in [3.8, 4) is 0 Å². The Morgan fingerprint density at radius 1 is 1.20 bits per heavy atom. The number of guanidine groups is 1. The second-order valence-electron chi connectivity index (χ2n) is 6.34. The van der Waals surface area contributed by atoms with Gasteiger partial charge in [0.2, 0.25) is 5.91 Å². The maximum absolute atomic E-state index is 12.4. The zero-order valence-corrected chi connectivity index (χ0v) is 16.0. The molecule has 0 atom stereocenters. The topological polar surface area (TPSA) is 60.0 Å². The fourth-order valence-corrected chi connectivity index (χ4v) is 2.83. The highest BCUT2D eigenvalue weighted by Crippen LogP contribution is 2.19. The van der Waals surface area contributed by atoms with E-state index in [0.717, 1.165) is 30.3 Å². The van der Waals surface area contributed by atoms with Gasteiger partial charge < -0.3 is 20.4 Å². The lowest BCUT2D eigenvalue weighted by atomic mass is 10.2. The lowest BCUT2D eigenvalue weighted by Gasteiger charge is -2.36. The van der Waals surface area contributed by atoms with Crippen molar-refractivity contribution in [2.45, 2.75) is 26.8 Å². The van der Waals surface area contributed by atoms with Crippen LogP contribution in [0.1, 0.15) is 20.8 Å². The second kappa shape index (κ2) is 9.51. The highest BCUT2D eigenvalue weighted by Gasteiger charge is 2.21. The number of hydrogen-bond donors (Lipinski definition) is 2. The summed E-state index contributed by atoms with van der Waals surface area (Å²) in [5.74, 6) is 0.752. The number of piperazine rings is 1. The second-order valence-corrected chi connectivity index (χ2v) is 6.77. The first kappa shape index (κ1) is 19.4. The molecular formula is C18H28ClN5O. The molecule has 1 heterocycles. The molecule has 0 aliphatic carbocycles. The van der Waals surface area contributed by atoms with Crippen molar-refractivity contribution in [3.05, 3.63) is 29.3 Å². The van der Waals surface area contributed by atoms with Gasteiger partial charge in [-0.15, -0.1) is 0 Å². The molecule has 1 fully saturated rings. The molecule has 1 aromatic carbocycles. The summed E-state index contributed by atoms with van der Waals surface area (Å²) in [4.78, 5) is 21.0. The largest absolute Gasteiger partial charge is 0.368 e. The van der Waals surface area contributed by atoms with Crippen LogP contribution >= 0.6 is 11.6 Å². The Morgan fingerprint density at radius 3 is 2.40 bits per heavy atom. The zero-order valence-electron chi connectivity index (χ0n) is 15.3. The van der Waals surface area contributed by atoms with E-state index in [0.29, 0.717) is 19.0 Å². The minimum atomic E-state index is 0.0664. The first-order chi connectivity index (χ1) is 12.0. The Kier molecular flexibility index (Phi) is 7.37. The van der Waals surface area contributed by atoms with Gasteiger partial charge in [-0.3, -0.25) is 4.79 Å². The van der Waals surface area contributed by atoms with E-state index in [2.05, 4.69) is 20.5 Å². The molecule has 1 amide bonds. The number of hydrogen-bond acceptors (Lipinski definition) is 3. The predicted molar refractivity (Wildman–Crippen MR) is 104 cm³/mol. The molecular weight excluding hydrogens is 338 g/mol. The van der Waals surface area contributed by atoms with E-state index in [9.17, 15) is 4.79 Å². The quantitative estimate of drug-likeness (QED) is 0.618. The van der Waals surface area contributed by atoms with E-state index in [-0.39, 0.29) is 18.5 Å². The van der Waals surface area contributed by atoms with Crippen LogP contribution in [0.2, 0.25) is 5.02 Å². The minimum Gasteiger partial charge on any atom is -0.368 e.